The first-order valence-electron chi connectivity index (χ1n) is 8.50. The van der Waals surface area contributed by atoms with Gasteiger partial charge in [-0.25, -0.2) is 0 Å². The lowest BCUT2D eigenvalue weighted by Gasteiger charge is -2.29. The third-order valence-electron chi connectivity index (χ3n) is 5.03. The monoisotopic (exact) mass is 393 g/mol. The van der Waals surface area contributed by atoms with Gasteiger partial charge in [0.1, 0.15) is 0 Å². The summed E-state index contributed by atoms with van der Waals surface area (Å²) in [6.07, 6.45) is 3.49. The lowest BCUT2D eigenvalue weighted by molar-refractivity contribution is -0.121. The van der Waals surface area contributed by atoms with Crippen LogP contribution in [0.1, 0.15) is 31.2 Å². The van der Waals surface area contributed by atoms with E-state index in [1.807, 2.05) is 18.2 Å². The van der Waals surface area contributed by atoms with E-state index in [9.17, 15) is 4.79 Å². The number of rotatable bonds is 5. The van der Waals surface area contributed by atoms with E-state index < -0.39 is 5.41 Å². The average Bonchev–Trinajstić information content (AvgIpc) is 3.15. The maximum Gasteiger partial charge on any atom is 0.235 e. The Labute approximate surface area is 163 Å². The molecule has 1 N–H and O–H groups in total. The molecule has 0 spiro atoms. The number of hydrogen-bond donors (Lipinski definition) is 1. The number of methoxy groups -OCH3 is 2. The summed E-state index contributed by atoms with van der Waals surface area (Å²) in [6, 6.07) is 10.8. The number of hydrogen-bond acceptors (Lipinski definition) is 3. The molecule has 26 heavy (non-hydrogen) atoms. The smallest absolute Gasteiger partial charge is 0.235 e. The molecule has 0 unspecified atom stereocenters. The van der Waals surface area contributed by atoms with Gasteiger partial charge in [0.05, 0.1) is 35.4 Å². The molecule has 6 heteroatoms. The Hall–Kier alpha value is -1.91. The molecule has 1 fully saturated rings. The minimum atomic E-state index is -0.637. The van der Waals surface area contributed by atoms with Gasteiger partial charge in [0, 0.05) is 0 Å². The van der Waals surface area contributed by atoms with Crippen molar-refractivity contribution in [3.8, 4) is 11.5 Å². The van der Waals surface area contributed by atoms with E-state index >= 15 is 0 Å². The molecular formula is C20H21Cl2NO3. The molecule has 0 aromatic heterocycles. The topological polar surface area (TPSA) is 47.6 Å². The molecule has 2 aromatic rings. The van der Waals surface area contributed by atoms with E-state index in [1.165, 1.54) is 0 Å². The predicted molar refractivity (Wildman–Crippen MR) is 105 cm³/mol. The summed E-state index contributed by atoms with van der Waals surface area (Å²) in [4.78, 5) is 13.3. The normalized spacial score (nSPS) is 15.5. The Morgan fingerprint density at radius 2 is 1.62 bits per heavy atom. The number of para-hydroxylation sites is 1. The van der Waals surface area contributed by atoms with Crippen LogP contribution in [0.5, 0.6) is 11.5 Å². The van der Waals surface area contributed by atoms with Gasteiger partial charge in [-0.15, -0.1) is 0 Å². The largest absolute Gasteiger partial charge is 0.493 e. The summed E-state index contributed by atoms with van der Waals surface area (Å²) in [5.74, 6) is 1.15. The molecule has 2 aromatic carbocycles. The van der Waals surface area contributed by atoms with Crippen molar-refractivity contribution in [2.75, 3.05) is 19.5 Å². The van der Waals surface area contributed by atoms with Gasteiger partial charge < -0.3 is 14.8 Å². The van der Waals surface area contributed by atoms with Gasteiger partial charge in [0.25, 0.3) is 0 Å². The van der Waals surface area contributed by atoms with Crippen LogP contribution in [0.4, 0.5) is 5.69 Å². The zero-order chi connectivity index (χ0) is 18.7. The van der Waals surface area contributed by atoms with Crippen molar-refractivity contribution in [2.24, 2.45) is 0 Å². The zero-order valence-electron chi connectivity index (χ0n) is 14.8. The molecule has 0 heterocycles. The maximum absolute atomic E-state index is 13.3. The van der Waals surface area contributed by atoms with Crippen molar-refractivity contribution < 1.29 is 14.3 Å². The van der Waals surface area contributed by atoms with Gasteiger partial charge >= 0.3 is 0 Å². The quantitative estimate of drug-likeness (QED) is 0.733. The second-order valence-electron chi connectivity index (χ2n) is 6.41. The Morgan fingerprint density at radius 3 is 2.19 bits per heavy atom. The van der Waals surface area contributed by atoms with Crippen LogP contribution < -0.4 is 14.8 Å². The summed E-state index contributed by atoms with van der Waals surface area (Å²) >= 11 is 12.4. The number of amides is 1. The molecule has 1 aliphatic rings. The van der Waals surface area contributed by atoms with Crippen molar-refractivity contribution in [3.63, 3.8) is 0 Å². The van der Waals surface area contributed by atoms with Gasteiger partial charge in [0.15, 0.2) is 11.5 Å². The average molecular weight is 394 g/mol. The third kappa shape index (κ3) is 3.36. The van der Waals surface area contributed by atoms with Crippen LogP contribution in [-0.2, 0) is 10.2 Å². The van der Waals surface area contributed by atoms with Crippen LogP contribution in [0.15, 0.2) is 36.4 Å². The van der Waals surface area contributed by atoms with Crippen molar-refractivity contribution in [1.82, 2.24) is 0 Å². The van der Waals surface area contributed by atoms with Gasteiger partial charge in [0.2, 0.25) is 5.91 Å². The highest BCUT2D eigenvalue weighted by Gasteiger charge is 2.43. The second kappa shape index (κ2) is 7.77. The van der Waals surface area contributed by atoms with Crippen molar-refractivity contribution in [3.05, 3.63) is 52.0 Å². The first-order chi connectivity index (χ1) is 12.5. The standard InChI is InChI=1S/C20H21Cl2NO3/c1-25-16-9-8-13(12-17(16)26-2)20(10-3-4-11-20)19(24)23-18-14(21)6-5-7-15(18)22/h5-9,12H,3-4,10-11H2,1-2H3,(H,23,24). The number of halogens is 2. The first kappa shape index (κ1) is 18.9. The predicted octanol–water partition coefficient (Wildman–Crippen LogP) is 5.46. The molecule has 3 rings (SSSR count). The minimum Gasteiger partial charge on any atom is -0.493 e. The Bertz CT molecular complexity index is 796. The van der Waals surface area contributed by atoms with Gasteiger partial charge in [-0.3, -0.25) is 4.79 Å². The number of carbonyl (C=O) groups excluding carboxylic acids is 1. The van der Waals surface area contributed by atoms with Gasteiger partial charge in [-0.2, -0.15) is 0 Å². The highest BCUT2D eigenvalue weighted by Crippen LogP contribution is 2.45. The highest BCUT2D eigenvalue weighted by molar-refractivity contribution is 6.39. The van der Waals surface area contributed by atoms with Crippen molar-refractivity contribution in [2.45, 2.75) is 31.1 Å². The molecular weight excluding hydrogens is 373 g/mol. The molecule has 1 saturated carbocycles. The Morgan fingerprint density at radius 1 is 1.00 bits per heavy atom. The molecule has 0 atom stereocenters. The van der Waals surface area contributed by atoms with Crippen LogP contribution in [0.25, 0.3) is 0 Å². The first-order valence-corrected chi connectivity index (χ1v) is 9.25. The third-order valence-corrected chi connectivity index (χ3v) is 5.66. The summed E-state index contributed by atoms with van der Waals surface area (Å²) in [5.41, 5.74) is 0.725. The second-order valence-corrected chi connectivity index (χ2v) is 7.22. The van der Waals surface area contributed by atoms with Crippen LogP contribution in [0.3, 0.4) is 0 Å². The van der Waals surface area contributed by atoms with Crippen molar-refractivity contribution >= 4 is 34.8 Å². The summed E-state index contributed by atoms with van der Waals surface area (Å²) in [6.45, 7) is 0. The molecule has 1 amide bonds. The van der Waals surface area contributed by atoms with E-state index in [2.05, 4.69) is 5.32 Å². The number of ether oxygens (including phenoxy) is 2. The van der Waals surface area contributed by atoms with E-state index in [0.29, 0.717) is 27.2 Å². The van der Waals surface area contributed by atoms with E-state index in [0.717, 1.165) is 31.2 Å². The Balaban J connectivity index is 1.99. The van der Waals surface area contributed by atoms with E-state index in [-0.39, 0.29) is 5.91 Å². The molecule has 4 nitrogen and oxygen atoms in total. The fourth-order valence-corrected chi connectivity index (χ4v) is 4.10. The summed E-state index contributed by atoms with van der Waals surface area (Å²) in [7, 11) is 3.18. The molecule has 0 aliphatic heterocycles. The lowest BCUT2D eigenvalue weighted by Crippen LogP contribution is -2.38. The fourth-order valence-electron chi connectivity index (χ4n) is 3.61. The van der Waals surface area contributed by atoms with Crippen molar-refractivity contribution in [1.29, 1.82) is 0 Å². The highest BCUT2D eigenvalue weighted by atomic mass is 35.5. The van der Waals surface area contributed by atoms with Crippen LogP contribution in [-0.4, -0.2) is 20.1 Å². The molecule has 1 aliphatic carbocycles. The summed E-state index contributed by atoms with van der Waals surface area (Å²) in [5, 5.41) is 3.80. The number of benzene rings is 2. The van der Waals surface area contributed by atoms with Crippen LogP contribution >= 0.6 is 23.2 Å². The van der Waals surface area contributed by atoms with E-state index in [1.54, 1.807) is 32.4 Å². The molecule has 0 saturated heterocycles. The summed E-state index contributed by atoms with van der Waals surface area (Å²) < 4.78 is 10.7. The van der Waals surface area contributed by atoms with Gasteiger partial charge in [-0.05, 0) is 42.7 Å². The molecule has 0 bridgehead atoms. The number of nitrogens with one attached hydrogen (secondary N) is 1. The van der Waals surface area contributed by atoms with E-state index in [4.69, 9.17) is 32.7 Å². The zero-order valence-corrected chi connectivity index (χ0v) is 16.3. The van der Waals surface area contributed by atoms with Gasteiger partial charge in [-0.1, -0.05) is 48.2 Å². The minimum absolute atomic E-state index is 0.0998. The van der Waals surface area contributed by atoms with Crippen LogP contribution in [0, 0.1) is 0 Å². The SMILES string of the molecule is COc1ccc(C2(C(=O)Nc3c(Cl)cccc3Cl)CCCC2)cc1OC. The lowest BCUT2D eigenvalue weighted by atomic mass is 9.77. The Kier molecular flexibility index (Phi) is 5.64. The molecule has 0 radical (unpaired) electrons. The fraction of sp³-hybridized carbons (Fsp3) is 0.350. The maximum atomic E-state index is 13.3. The molecule has 138 valence electrons. The number of carbonyl (C=O) groups is 1. The van der Waals surface area contributed by atoms with Crippen LogP contribution in [0.2, 0.25) is 10.0 Å². The number of anilines is 1.